The molecular formula is C12H17N3O2. The first-order chi connectivity index (χ1) is 8.03. The van der Waals surface area contributed by atoms with Crippen LogP contribution in [0.4, 0.5) is 5.69 Å². The summed E-state index contributed by atoms with van der Waals surface area (Å²) < 4.78 is 0. The summed E-state index contributed by atoms with van der Waals surface area (Å²) in [5.74, 6) is 0.0899. The van der Waals surface area contributed by atoms with Crippen molar-refractivity contribution >= 4 is 11.5 Å². The van der Waals surface area contributed by atoms with Crippen molar-refractivity contribution in [3.8, 4) is 0 Å². The smallest absolute Gasteiger partial charge is 0.172 e. The number of para-hydroxylation sites is 1. The molecule has 1 saturated heterocycles. The number of hydrogen-bond acceptors (Lipinski definition) is 4. The van der Waals surface area contributed by atoms with Crippen molar-refractivity contribution in [2.75, 3.05) is 18.0 Å². The molecule has 1 heterocycles. The lowest BCUT2D eigenvalue weighted by Crippen LogP contribution is -2.31. The molecule has 1 atom stereocenters. The average molecular weight is 235 g/mol. The van der Waals surface area contributed by atoms with Crippen LogP contribution in [-0.2, 0) is 0 Å². The topological polar surface area (TPSA) is 82.1 Å². The summed E-state index contributed by atoms with van der Waals surface area (Å²) in [6.07, 6.45) is 0.720. The SMILES string of the molecule is CC1(O)CCN(c2ccccc2/C(N)=N/O)C1. The summed E-state index contributed by atoms with van der Waals surface area (Å²) >= 11 is 0. The molecule has 5 heteroatoms. The molecule has 0 radical (unpaired) electrons. The maximum Gasteiger partial charge on any atom is 0.172 e. The zero-order valence-electron chi connectivity index (χ0n) is 9.80. The van der Waals surface area contributed by atoms with Gasteiger partial charge >= 0.3 is 0 Å². The average Bonchev–Trinajstić information content (AvgIpc) is 2.68. The van der Waals surface area contributed by atoms with Gasteiger partial charge in [-0.3, -0.25) is 0 Å². The summed E-state index contributed by atoms with van der Waals surface area (Å²) in [6, 6.07) is 7.45. The van der Waals surface area contributed by atoms with Gasteiger partial charge in [-0.05, 0) is 25.5 Å². The molecule has 0 aliphatic carbocycles. The molecule has 1 aliphatic rings. The van der Waals surface area contributed by atoms with Gasteiger partial charge in [-0.25, -0.2) is 0 Å². The van der Waals surface area contributed by atoms with E-state index in [-0.39, 0.29) is 5.84 Å². The van der Waals surface area contributed by atoms with Gasteiger partial charge in [0.25, 0.3) is 0 Å². The molecule has 1 aliphatic heterocycles. The van der Waals surface area contributed by atoms with E-state index >= 15 is 0 Å². The van der Waals surface area contributed by atoms with Crippen LogP contribution in [0.15, 0.2) is 29.4 Å². The third-order valence-electron chi connectivity index (χ3n) is 3.08. The van der Waals surface area contributed by atoms with Gasteiger partial charge in [0.1, 0.15) is 0 Å². The van der Waals surface area contributed by atoms with Crippen molar-refractivity contribution in [3.63, 3.8) is 0 Å². The van der Waals surface area contributed by atoms with Gasteiger partial charge in [-0.15, -0.1) is 0 Å². The first-order valence-corrected chi connectivity index (χ1v) is 5.58. The summed E-state index contributed by atoms with van der Waals surface area (Å²) in [5, 5.41) is 21.7. The van der Waals surface area contributed by atoms with Crippen LogP contribution in [0.2, 0.25) is 0 Å². The highest BCUT2D eigenvalue weighted by atomic mass is 16.4. The summed E-state index contributed by atoms with van der Waals surface area (Å²) in [6.45, 7) is 3.14. The van der Waals surface area contributed by atoms with E-state index in [2.05, 4.69) is 5.16 Å². The molecule has 0 aromatic heterocycles. The third-order valence-corrected chi connectivity index (χ3v) is 3.08. The summed E-state index contributed by atoms with van der Waals surface area (Å²) in [5.41, 5.74) is 6.55. The fourth-order valence-electron chi connectivity index (χ4n) is 2.17. The Morgan fingerprint density at radius 3 is 2.76 bits per heavy atom. The van der Waals surface area contributed by atoms with Crippen molar-refractivity contribution in [1.29, 1.82) is 0 Å². The second-order valence-corrected chi connectivity index (χ2v) is 4.67. The number of oxime groups is 1. The highest BCUT2D eigenvalue weighted by Gasteiger charge is 2.32. The number of nitrogens with two attached hydrogens (primary N) is 1. The van der Waals surface area contributed by atoms with Crippen molar-refractivity contribution in [2.45, 2.75) is 18.9 Å². The van der Waals surface area contributed by atoms with Crippen LogP contribution in [0.3, 0.4) is 0 Å². The molecule has 5 nitrogen and oxygen atoms in total. The minimum atomic E-state index is -0.668. The Bertz CT molecular complexity index is 443. The molecule has 0 spiro atoms. The number of anilines is 1. The lowest BCUT2D eigenvalue weighted by Gasteiger charge is -2.23. The molecule has 4 N–H and O–H groups in total. The van der Waals surface area contributed by atoms with Crippen molar-refractivity contribution in [1.82, 2.24) is 0 Å². The molecule has 2 rings (SSSR count). The minimum absolute atomic E-state index is 0.0899. The van der Waals surface area contributed by atoms with E-state index in [0.29, 0.717) is 12.1 Å². The molecule has 0 amide bonds. The van der Waals surface area contributed by atoms with E-state index in [9.17, 15) is 5.11 Å². The number of amidine groups is 1. The van der Waals surface area contributed by atoms with E-state index in [0.717, 1.165) is 18.7 Å². The predicted octanol–water partition coefficient (Wildman–Crippen LogP) is 0.742. The van der Waals surface area contributed by atoms with Gasteiger partial charge in [-0.2, -0.15) is 0 Å². The fraction of sp³-hybridized carbons (Fsp3) is 0.417. The quantitative estimate of drug-likeness (QED) is 0.306. The lowest BCUT2D eigenvalue weighted by molar-refractivity contribution is 0.0839. The molecule has 0 saturated carbocycles. The Kier molecular flexibility index (Phi) is 2.93. The van der Waals surface area contributed by atoms with Gasteiger partial charge < -0.3 is 20.9 Å². The number of benzene rings is 1. The Morgan fingerprint density at radius 1 is 1.47 bits per heavy atom. The molecule has 1 unspecified atom stereocenters. The first-order valence-electron chi connectivity index (χ1n) is 5.58. The van der Waals surface area contributed by atoms with Gasteiger partial charge in [0.2, 0.25) is 0 Å². The van der Waals surface area contributed by atoms with Crippen LogP contribution in [0.1, 0.15) is 18.9 Å². The number of aliphatic hydroxyl groups is 1. The molecule has 1 aromatic rings. The van der Waals surface area contributed by atoms with E-state index in [4.69, 9.17) is 10.9 Å². The molecular weight excluding hydrogens is 218 g/mol. The Morgan fingerprint density at radius 2 is 2.18 bits per heavy atom. The Labute approximate surface area is 100 Å². The van der Waals surface area contributed by atoms with Gasteiger partial charge in [0.05, 0.1) is 5.60 Å². The van der Waals surface area contributed by atoms with E-state index in [1.807, 2.05) is 30.0 Å². The minimum Gasteiger partial charge on any atom is -0.409 e. The molecule has 1 fully saturated rings. The third kappa shape index (κ3) is 2.34. The van der Waals surface area contributed by atoms with Gasteiger partial charge in [0, 0.05) is 24.3 Å². The maximum absolute atomic E-state index is 9.96. The standard InChI is InChI=1S/C12H17N3O2/c1-12(16)6-7-15(8-12)10-5-3-2-4-9(10)11(13)14-17/h2-5,16-17H,6-8H2,1H3,(H2,13,14). The van der Waals surface area contributed by atoms with Crippen molar-refractivity contribution in [2.24, 2.45) is 10.9 Å². The molecule has 1 aromatic carbocycles. The highest BCUT2D eigenvalue weighted by Crippen LogP contribution is 2.28. The largest absolute Gasteiger partial charge is 0.409 e. The monoisotopic (exact) mass is 235 g/mol. The Balaban J connectivity index is 2.33. The van der Waals surface area contributed by atoms with Crippen LogP contribution in [0.25, 0.3) is 0 Å². The number of nitrogens with zero attached hydrogens (tertiary/aromatic N) is 2. The number of β-amino-alcohol motifs (C(OH)–C–C–N with tert-alkyl or cyclic N) is 1. The second-order valence-electron chi connectivity index (χ2n) is 4.67. The van der Waals surface area contributed by atoms with E-state index < -0.39 is 5.60 Å². The van der Waals surface area contributed by atoms with Crippen LogP contribution in [0.5, 0.6) is 0 Å². The number of rotatable bonds is 2. The highest BCUT2D eigenvalue weighted by molar-refractivity contribution is 6.02. The van der Waals surface area contributed by atoms with Crippen LogP contribution in [0, 0.1) is 0 Å². The predicted molar refractivity (Wildman–Crippen MR) is 66.4 cm³/mol. The zero-order chi connectivity index (χ0) is 12.5. The number of hydrogen-bond donors (Lipinski definition) is 3. The van der Waals surface area contributed by atoms with Crippen LogP contribution >= 0.6 is 0 Å². The van der Waals surface area contributed by atoms with Gasteiger partial charge in [0.15, 0.2) is 5.84 Å². The first kappa shape index (κ1) is 11.7. The fourth-order valence-corrected chi connectivity index (χ4v) is 2.17. The molecule has 17 heavy (non-hydrogen) atoms. The summed E-state index contributed by atoms with van der Waals surface area (Å²) in [7, 11) is 0. The van der Waals surface area contributed by atoms with Gasteiger partial charge in [-0.1, -0.05) is 17.3 Å². The van der Waals surface area contributed by atoms with Crippen molar-refractivity contribution in [3.05, 3.63) is 29.8 Å². The normalized spacial score (nSPS) is 25.3. The van der Waals surface area contributed by atoms with E-state index in [1.54, 1.807) is 6.07 Å². The van der Waals surface area contributed by atoms with E-state index in [1.165, 1.54) is 0 Å². The van der Waals surface area contributed by atoms with Crippen molar-refractivity contribution < 1.29 is 10.3 Å². The maximum atomic E-state index is 9.96. The van der Waals surface area contributed by atoms with Crippen LogP contribution in [-0.4, -0.2) is 34.8 Å². The van der Waals surface area contributed by atoms with Crippen LogP contribution < -0.4 is 10.6 Å². The molecule has 92 valence electrons. The lowest BCUT2D eigenvalue weighted by atomic mass is 10.1. The molecule has 0 bridgehead atoms. The Hall–Kier alpha value is -1.75. The summed E-state index contributed by atoms with van der Waals surface area (Å²) in [4.78, 5) is 2.05. The zero-order valence-corrected chi connectivity index (χ0v) is 9.80. The second kappa shape index (κ2) is 4.25.